The largest absolute Gasteiger partial charge is 0.378 e. The monoisotopic (exact) mass is 262 g/mol. The van der Waals surface area contributed by atoms with E-state index in [0.717, 1.165) is 0 Å². The fraction of sp³-hybridized carbons (Fsp3) is 0.533. The first-order chi connectivity index (χ1) is 9.18. The number of rotatable bonds is 4. The van der Waals surface area contributed by atoms with E-state index in [4.69, 9.17) is 4.74 Å². The molecule has 1 fully saturated rings. The minimum Gasteiger partial charge on any atom is -0.378 e. The molecule has 0 spiro atoms. The third-order valence-corrected chi connectivity index (χ3v) is 3.49. The van der Waals surface area contributed by atoms with Gasteiger partial charge in [-0.05, 0) is 19.4 Å². The van der Waals surface area contributed by atoms with Crippen molar-refractivity contribution >= 4 is 5.91 Å². The van der Waals surface area contributed by atoms with Gasteiger partial charge >= 0.3 is 0 Å². The molecule has 2 rings (SSSR count). The normalized spacial score (nSPS) is 18.9. The molecule has 1 N–H and O–H groups in total. The Morgan fingerprint density at radius 1 is 1.21 bits per heavy atom. The van der Waals surface area contributed by atoms with E-state index in [1.807, 2.05) is 30.0 Å². The Morgan fingerprint density at radius 2 is 1.84 bits per heavy atom. The number of carbonyl (C=O) groups is 1. The molecule has 0 saturated carbocycles. The number of carbonyl (C=O) groups excluding carboxylic acids is 1. The molecule has 0 aliphatic carbocycles. The third kappa shape index (κ3) is 3.78. The summed E-state index contributed by atoms with van der Waals surface area (Å²) in [4.78, 5) is 14.1. The zero-order valence-electron chi connectivity index (χ0n) is 11.6. The molecule has 1 aromatic rings. The van der Waals surface area contributed by atoms with Crippen LogP contribution in [0.3, 0.4) is 0 Å². The minimum atomic E-state index is -0.173. The van der Waals surface area contributed by atoms with Crippen molar-refractivity contribution in [1.82, 2.24) is 10.2 Å². The minimum absolute atomic E-state index is 0.158. The Kier molecular flexibility index (Phi) is 4.93. The topological polar surface area (TPSA) is 41.6 Å². The number of morpholine rings is 1. The molecule has 2 unspecified atom stereocenters. The number of nitrogens with one attached hydrogen (secondary N) is 1. The summed E-state index contributed by atoms with van der Waals surface area (Å²) in [6.07, 6.45) is 0. The molecule has 19 heavy (non-hydrogen) atoms. The summed E-state index contributed by atoms with van der Waals surface area (Å²) in [5.74, 6) is 0.158. The predicted molar refractivity (Wildman–Crippen MR) is 74.9 cm³/mol. The van der Waals surface area contributed by atoms with Crippen molar-refractivity contribution in [3.05, 3.63) is 35.9 Å². The van der Waals surface area contributed by atoms with Crippen LogP contribution >= 0.6 is 0 Å². The number of nitrogens with zero attached hydrogens (tertiary/aromatic N) is 1. The SMILES string of the molecule is CC(NC(C)c1ccccc1)C(=O)N1CCOCC1. The first-order valence-electron chi connectivity index (χ1n) is 6.86. The maximum absolute atomic E-state index is 12.3. The Morgan fingerprint density at radius 3 is 2.47 bits per heavy atom. The lowest BCUT2D eigenvalue weighted by Gasteiger charge is -2.30. The number of benzene rings is 1. The van der Waals surface area contributed by atoms with Gasteiger partial charge < -0.3 is 9.64 Å². The summed E-state index contributed by atoms with van der Waals surface area (Å²) in [5.41, 5.74) is 1.20. The summed E-state index contributed by atoms with van der Waals surface area (Å²) in [7, 11) is 0. The first-order valence-corrected chi connectivity index (χ1v) is 6.86. The predicted octanol–water partition coefficient (Wildman–Crippen LogP) is 1.58. The van der Waals surface area contributed by atoms with Crippen LogP contribution in [0.15, 0.2) is 30.3 Å². The molecule has 4 heteroatoms. The van der Waals surface area contributed by atoms with E-state index >= 15 is 0 Å². The van der Waals surface area contributed by atoms with E-state index in [-0.39, 0.29) is 18.0 Å². The van der Waals surface area contributed by atoms with Gasteiger partial charge in [-0.3, -0.25) is 10.1 Å². The van der Waals surface area contributed by atoms with Crippen LogP contribution in [0.5, 0.6) is 0 Å². The number of hydrogen-bond donors (Lipinski definition) is 1. The molecule has 0 radical (unpaired) electrons. The highest BCUT2D eigenvalue weighted by atomic mass is 16.5. The van der Waals surface area contributed by atoms with Crippen LogP contribution in [-0.4, -0.2) is 43.2 Å². The van der Waals surface area contributed by atoms with E-state index in [0.29, 0.717) is 26.3 Å². The van der Waals surface area contributed by atoms with Crippen LogP contribution in [0.2, 0.25) is 0 Å². The van der Waals surface area contributed by atoms with Crippen molar-refractivity contribution in [2.75, 3.05) is 26.3 Å². The fourth-order valence-corrected chi connectivity index (χ4v) is 2.34. The standard InChI is InChI=1S/C15H22N2O2/c1-12(14-6-4-3-5-7-14)16-13(2)15(18)17-8-10-19-11-9-17/h3-7,12-13,16H,8-11H2,1-2H3. The van der Waals surface area contributed by atoms with Gasteiger partial charge in [-0.15, -0.1) is 0 Å². The van der Waals surface area contributed by atoms with Crippen molar-refractivity contribution in [1.29, 1.82) is 0 Å². The van der Waals surface area contributed by atoms with Crippen LogP contribution in [0.25, 0.3) is 0 Å². The number of ether oxygens (including phenoxy) is 1. The maximum Gasteiger partial charge on any atom is 0.239 e. The lowest BCUT2D eigenvalue weighted by molar-refractivity contribution is -0.137. The third-order valence-electron chi connectivity index (χ3n) is 3.49. The molecule has 104 valence electrons. The van der Waals surface area contributed by atoms with Crippen molar-refractivity contribution in [3.63, 3.8) is 0 Å². The smallest absolute Gasteiger partial charge is 0.239 e. The highest BCUT2D eigenvalue weighted by Gasteiger charge is 2.23. The van der Waals surface area contributed by atoms with Gasteiger partial charge in [-0.25, -0.2) is 0 Å². The molecule has 1 aliphatic rings. The molecule has 1 aliphatic heterocycles. The first kappa shape index (κ1) is 14.0. The van der Waals surface area contributed by atoms with E-state index in [1.54, 1.807) is 0 Å². The second-order valence-electron chi connectivity index (χ2n) is 4.96. The van der Waals surface area contributed by atoms with Crippen molar-refractivity contribution < 1.29 is 9.53 Å². The van der Waals surface area contributed by atoms with Gasteiger partial charge in [0.15, 0.2) is 0 Å². The van der Waals surface area contributed by atoms with Gasteiger partial charge in [0.1, 0.15) is 0 Å². The highest BCUT2D eigenvalue weighted by molar-refractivity contribution is 5.81. The molecule has 2 atom stereocenters. The second kappa shape index (κ2) is 6.68. The second-order valence-corrected chi connectivity index (χ2v) is 4.96. The van der Waals surface area contributed by atoms with Gasteiger partial charge in [-0.2, -0.15) is 0 Å². The molecule has 4 nitrogen and oxygen atoms in total. The number of hydrogen-bond acceptors (Lipinski definition) is 3. The Hall–Kier alpha value is -1.39. The summed E-state index contributed by atoms with van der Waals surface area (Å²) in [6.45, 7) is 6.70. The average molecular weight is 262 g/mol. The van der Waals surface area contributed by atoms with Gasteiger partial charge in [0.2, 0.25) is 5.91 Å². The molecule has 1 heterocycles. The van der Waals surface area contributed by atoms with Gasteiger partial charge in [0, 0.05) is 19.1 Å². The highest BCUT2D eigenvalue weighted by Crippen LogP contribution is 2.12. The van der Waals surface area contributed by atoms with Crippen molar-refractivity contribution in [3.8, 4) is 0 Å². The molecule has 1 amide bonds. The van der Waals surface area contributed by atoms with Gasteiger partial charge in [0.05, 0.1) is 19.3 Å². The summed E-state index contributed by atoms with van der Waals surface area (Å²) in [5, 5.41) is 3.36. The molecule has 0 bridgehead atoms. The quantitative estimate of drug-likeness (QED) is 0.896. The Labute approximate surface area is 114 Å². The summed E-state index contributed by atoms with van der Waals surface area (Å²) >= 11 is 0. The van der Waals surface area contributed by atoms with Crippen LogP contribution in [-0.2, 0) is 9.53 Å². The Balaban J connectivity index is 1.89. The van der Waals surface area contributed by atoms with Gasteiger partial charge in [-0.1, -0.05) is 30.3 Å². The zero-order valence-corrected chi connectivity index (χ0v) is 11.6. The van der Waals surface area contributed by atoms with Crippen LogP contribution in [0, 0.1) is 0 Å². The van der Waals surface area contributed by atoms with E-state index in [2.05, 4.69) is 24.4 Å². The lowest BCUT2D eigenvalue weighted by Crippen LogP contribution is -2.49. The molecule has 1 aromatic carbocycles. The molecule has 1 saturated heterocycles. The molecular formula is C15H22N2O2. The van der Waals surface area contributed by atoms with E-state index in [9.17, 15) is 4.79 Å². The summed E-state index contributed by atoms with van der Waals surface area (Å²) < 4.78 is 5.27. The van der Waals surface area contributed by atoms with Crippen LogP contribution < -0.4 is 5.32 Å². The van der Waals surface area contributed by atoms with Crippen LogP contribution in [0.1, 0.15) is 25.5 Å². The Bertz CT molecular complexity index is 402. The average Bonchev–Trinajstić information content (AvgIpc) is 2.48. The van der Waals surface area contributed by atoms with Gasteiger partial charge in [0.25, 0.3) is 0 Å². The van der Waals surface area contributed by atoms with Crippen molar-refractivity contribution in [2.24, 2.45) is 0 Å². The zero-order chi connectivity index (χ0) is 13.7. The molecular weight excluding hydrogens is 240 g/mol. The summed E-state index contributed by atoms with van der Waals surface area (Å²) in [6, 6.07) is 10.2. The van der Waals surface area contributed by atoms with Crippen molar-refractivity contribution in [2.45, 2.75) is 25.9 Å². The molecule has 0 aromatic heterocycles. The van der Waals surface area contributed by atoms with Crippen LogP contribution in [0.4, 0.5) is 0 Å². The maximum atomic E-state index is 12.3. The number of amides is 1. The lowest BCUT2D eigenvalue weighted by atomic mass is 10.1. The van der Waals surface area contributed by atoms with E-state index in [1.165, 1.54) is 5.56 Å². The fourth-order valence-electron chi connectivity index (χ4n) is 2.34. The van der Waals surface area contributed by atoms with E-state index < -0.39 is 0 Å².